The van der Waals surface area contributed by atoms with E-state index in [1.165, 1.54) is 12.1 Å². The molecule has 0 radical (unpaired) electrons. The van der Waals surface area contributed by atoms with E-state index in [2.05, 4.69) is 21.2 Å². The lowest BCUT2D eigenvalue weighted by molar-refractivity contribution is -0.118. The molecule has 1 N–H and O–H groups in total. The predicted molar refractivity (Wildman–Crippen MR) is 79.4 cm³/mol. The van der Waals surface area contributed by atoms with Crippen LogP contribution in [0, 0.1) is 12.7 Å². The van der Waals surface area contributed by atoms with Crippen molar-refractivity contribution in [2.45, 2.75) is 6.92 Å². The van der Waals surface area contributed by atoms with Crippen molar-refractivity contribution in [3.63, 3.8) is 0 Å². The molecule has 0 atom stereocenters. The molecule has 104 valence electrons. The van der Waals surface area contributed by atoms with Crippen LogP contribution in [0.3, 0.4) is 0 Å². The summed E-state index contributed by atoms with van der Waals surface area (Å²) in [5, 5.41) is 2.47. The fourth-order valence-corrected chi connectivity index (χ4v) is 1.85. The van der Waals surface area contributed by atoms with Crippen LogP contribution in [0.1, 0.15) is 5.56 Å². The van der Waals surface area contributed by atoms with Gasteiger partial charge in [-0.25, -0.2) is 4.39 Å². The van der Waals surface area contributed by atoms with Crippen molar-refractivity contribution in [2.24, 2.45) is 0 Å². The first-order chi connectivity index (χ1) is 9.54. The molecule has 3 nitrogen and oxygen atoms in total. The standard InChI is InChI=1S/C15H13BrFNO2/c1-10-2-7-14(13(17)8-10)18-15(19)9-20-12-5-3-11(16)4-6-12/h2-8H,9H2,1H3,(H,18,19). The van der Waals surface area contributed by atoms with Gasteiger partial charge in [0.1, 0.15) is 11.6 Å². The van der Waals surface area contributed by atoms with Gasteiger partial charge in [0.2, 0.25) is 0 Å². The Kier molecular flexibility index (Phi) is 4.74. The van der Waals surface area contributed by atoms with Gasteiger partial charge >= 0.3 is 0 Å². The van der Waals surface area contributed by atoms with E-state index in [1.807, 2.05) is 12.1 Å². The van der Waals surface area contributed by atoms with E-state index in [0.29, 0.717) is 5.75 Å². The minimum atomic E-state index is -0.456. The lowest BCUT2D eigenvalue weighted by Gasteiger charge is -2.08. The van der Waals surface area contributed by atoms with Crippen molar-refractivity contribution in [2.75, 3.05) is 11.9 Å². The SMILES string of the molecule is Cc1ccc(NC(=O)COc2ccc(Br)cc2)c(F)c1. The number of rotatable bonds is 4. The largest absolute Gasteiger partial charge is 0.484 e. The quantitative estimate of drug-likeness (QED) is 0.918. The van der Waals surface area contributed by atoms with Gasteiger partial charge in [-0.2, -0.15) is 0 Å². The fourth-order valence-electron chi connectivity index (χ4n) is 1.59. The minimum absolute atomic E-state index is 0.153. The van der Waals surface area contributed by atoms with E-state index < -0.39 is 11.7 Å². The van der Waals surface area contributed by atoms with Crippen LogP contribution in [-0.2, 0) is 4.79 Å². The van der Waals surface area contributed by atoms with Crippen LogP contribution in [-0.4, -0.2) is 12.5 Å². The summed E-state index contributed by atoms with van der Waals surface area (Å²) < 4.78 is 19.8. The maximum absolute atomic E-state index is 13.6. The number of anilines is 1. The third-order valence-corrected chi connectivity index (χ3v) is 3.11. The number of amides is 1. The van der Waals surface area contributed by atoms with Gasteiger partial charge in [-0.15, -0.1) is 0 Å². The van der Waals surface area contributed by atoms with Gasteiger partial charge in [0.25, 0.3) is 5.91 Å². The van der Waals surface area contributed by atoms with Gasteiger partial charge in [0.05, 0.1) is 5.69 Å². The van der Waals surface area contributed by atoms with E-state index in [9.17, 15) is 9.18 Å². The zero-order valence-corrected chi connectivity index (χ0v) is 12.4. The lowest BCUT2D eigenvalue weighted by Crippen LogP contribution is -2.20. The summed E-state index contributed by atoms with van der Waals surface area (Å²) in [5.41, 5.74) is 0.951. The van der Waals surface area contributed by atoms with Crippen LogP contribution in [0.5, 0.6) is 5.75 Å². The van der Waals surface area contributed by atoms with Crippen LogP contribution in [0.4, 0.5) is 10.1 Å². The Bertz CT molecular complexity index is 614. The van der Waals surface area contributed by atoms with Crippen LogP contribution in [0.2, 0.25) is 0 Å². The third kappa shape index (κ3) is 4.06. The second-order valence-electron chi connectivity index (χ2n) is 4.27. The van der Waals surface area contributed by atoms with Gasteiger partial charge in [-0.1, -0.05) is 22.0 Å². The summed E-state index contributed by atoms with van der Waals surface area (Å²) in [6.45, 7) is 1.61. The molecular formula is C15H13BrFNO2. The average Bonchev–Trinajstić information content (AvgIpc) is 2.41. The smallest absolute Gasteiger partial charge is 0.262 e. The number of carbonyl (C=O) groups is 1. The van der Waals surface area contributed by atoms with E-state index in [-0.39, 0.29) is 12.3 Å². The molecule has 5 heteroatoms. The van der Waals surface area contributed by atoms with Crippen molar-refractivity contribution in [1.29, 1.82) is 0 Å². The summed E-state index contributed by atoms with van der Waals surface area (Å²) in [5.74, 6) is -0.287. The molecule has 0 aliphatic carbocycles. The van der Waals surface area contributed by atoms with Crippen molar-refractivity contribution in [3.8, 4) is 5.75 Å². The highest BCUT2D eigenvalue weighted by molar-refractivity contribution is 9.10. The summed E-state index contributed by atoms with van der Waals surface area (Å²) in [6.07, 6.45) is 0. The molecule has 0 saturated heterocycles. The highest BCUT2D eigenvalue weighted by Gasteiger charge is 2.07. The van der Waals surface area contributed by atoms with E-state index in [4.69, 9.17) is 4.74 Å². The molecular weight excluding hydrogens is 325 g/mol. The monoisotopic (exact) mass is 337 g/mol. The number of nitrogens with one attached hydrogen (secondary N) is 1. The molecule has 0 aliphatic rings. The van der Waals surface area contributed by atoms with Gasteiger partial charge in [0, 0.05) is 4.47 Å². The molecule has 0 saturated carbocycles. The van der Waals surface area contributed by atoms with Crippen LogP contribution in [0.15, 0.2) is 46.9 Å². The topological polar surface area (TPSA) is 38.3 Å². The molecule has 0 unspecified atom stereocenters. The number of ether oxygens (including phenoxy) is 1. The van der Waals surface area contributed by atoms with Crippen LogP contribution in [0.25, 0.3) is 0 Å². The number of halogens is 2. The summed E-state index contributed by atoms with van der Waals surface area (Å²) >= 11 is 3.31. The fraction of sp³-hybridized carbons (Fsp3) is 0.133. The molecule has 2 rings (SSSR count). The van der Waals surface area contributed by atoms with Crippen molar-refractivity contribution < 1.29 is 13.9 Å². The van der Waals surface area contributed by atoms with Gasteiger partial charge in [-0.05, 0) is 48.9 Å². The molecule has 1 amide bonds. The number of hydrogen-bond acceptors (Lipinski definition) is 2. The molecule has 20 heavy (non-hydrogen) atoms. The zero-order chi connectivity index (χ0) is 14.5. The molecule has 2 aromatic carbocycles. The van der Waals surface area contributed by atoms with E-state index in [0.717, 1.165) is 10.0 Å². The molecule has 0 aliphatic heterocycles. The highest BCUT2D eigenvalue weighted by Crippen LogP contribution is 2.17. The molecule has 2 aromatic rings. The summed E-state index contributed by atoms with van der Waals surface area (Å²) in [4.78, 5) is 11.7. The Morgan fingerprint density at radius 2 is 1.95 bits per heavy atom. The van der Waals surface area contributed by atoms with Crippen molar-refractivity contribution in [3.05, 3.63) is 58.3 Å². The number of benzene rings is 2. The van der Waals surface area contributed by atoms with Gasteiger partial charge in [-0.3, -0.25) is 4.79 Å². The first-order valence-corrected chi connectivity index (χ1v) is 6.78. The predicted octanol–water partition coefficient (Wildman–Crippen LogP) is 3.91. The first kappa shape index (κ1) is 14.5. The molecule has 0 spiro atoms. The third-order valence-electron chi connectivity index (χ3n) is 2.58. The first-order valence-electron chi connectivity index (χ1n) is 5.99. The Labute approximate surface area is 124 Å². The normalized spacial score (nSPS) is 10.2. The Balaban J connectivity index is 1.90. The Hall–Kier alpha value is -1.88. The van der Waals surface area contributed by atoms with Crippen molar-refractivity contribution in [1.82, 2.24) is 0 Å². The van der Waals surface area contributed by atoms with Gasteiger partial charge < -0.3 is 10.1 Å². The average molecular weight is 338 g/mol. The molecule has 0 aromatic heterocycles. The van der Waals surface area contributed by atoms with E-state index >= 15 is 0 Å². The second kappa shape index (κ2) is 6.52. The zero-order valence-electron chi connectivity index (χ0n) is 10.8. The number of carbonyl (C=O) groups excluding carboxylic acids is 1. The molecule has 0 heterocycles. The van der Waals surface area contributed by atoms with Crippen LogP contribution < -0.4 is 10.1 Å². The minimum Gasteiger partial charge on any atom is -0.484 e. The molecule has 0 bridgehead atoms. The lowest BCUT2D eigenvalue weighted by atomic mass is 10.2. The Morgan fingerprint density at radius 1 is 1.25 bits per heavy atom. The van der Waals surface area contributed by atoms with Crippen molar-refractivity contribution >= 4 is 27.5 Å². The summed E-state index contributed by atoms with van der Waals surface area (Å²) in [7, 11) is 0. The highest BCUT2D eigenvalue weighted by atomic mass is 79.9. The maximum atomic E-state index is 13.6. The number of aryl methyl sites for hydroxylation is 1. The van der Waals surface area contributed by atoms with E-state index in [1.54, 1.807) is 25.1 Å². The van der Waals surface area contributed by atoms with Gasteiger partial charge in [0.15, 0.2) is 6.61 Å². The second-order valence-corrected chi connectivity index (χ2v) is 5.19. The van der Waals surface area contributed by atoms with Crippen LogP contribution >= 0.6 is 15.9 Å². The molecule has 0 fully saturated rings. The Morgan fingerprint density at radius 3 is 2.60 bits per heavy atom. The maximum Gasteiger partial charge on any atom is 0.262 e. The number of hydrogen-bond donors (Lipinski definition) is 1. The summed E-state index contributed by atoms with van der Waals surface area (Å²) in [6, 6.07) is 11.7.